The Morgan fingerprint density at radius 3 is 2.72 bits per heavy atom. The fourth-order valence-corrected chi connectivity index (χ4v) is 2.99. The molecule has 1 atom stereocenters. The van der Waals surface area contributed by atoms with E-state index >= 15 is 0 Å². The number of aromatic nitrogens is 1. The third-order valence-corrected chi connectivity index (χ3v) is 4.52. The minimum atomic E-state index is -0.841. The number of nitrogens with zero attached hydrogens (tertiary/aromatic N) is 1. The van der Waals surface area contributed by atoms with E-state index in [0.717, 1.165) is 17.0 Å². The lowest BCUT2D eigenvalue weighted by atomic mass is 10.1. The van der Waals surface area contributed by atoms with Gasteiger partial charge in [-0.1, -0.05) is 37.3 Å². The molecule has 1 amide bonds. The molecule has 1 aromatic heterocycles. The molecule has 5 nitrogen and oxygen atoms in total. The van der Waals surface area contributed by atoms with Crippen LogP contribution in [0.1, 0.15) is 25.1 Å². The maximum atomic E-state index is 12.0. The van der Waals surface area contributed by atoms with Crippen molar-refractivity contribution in [1.29, 1.82) is 0 Å². The van der Waals surface area contributed by atoms with E-state index in [0.29, 0.717) is 12.2 Å². The molecule has 132 valence electrons. The van der Waals surface area contributed by atoms with Crippen LogP contribution in [0.5, 0.6) is 0 Å². The Balaban J connectivity index is 1.92. The van der Waals surface area contributed by atoms with Crippen LogP contribution in [0.2, 0.25) is 0 Å². The molecular weight excluding hydrogens is 336 g/mol. The van der Waals surface area contributed by atoms with Gasteiger partial charge in [-0.3, -0.25) is 9.59 Å². The van der Waals surface area contributed by atoms with Crippen LogP contribution in [0.15, 0.2) is 42.3 Å². The molecule has 0 spiro atoms. The van der Waals surface area contributed by atoms with E-state index < -0.39 is 12.1 Å². The summed E-state index contributed by atoms with van der Waals surface area (Å²) in [7, 11) is 0. The summed E-state index contributed by atoms with van der Waals surface area (Å²) in [6, 6.07) is 8.22. The summed E-state index contributed by atoms with van der Waals surface area (Å²) in [5.41, 5.74) is 2.94. The van der Waals surface area contributed by atoms with Gasteiger partial charge in [0.15, 0.2) is 6.10 Å². The second-order valence-corrected chi connectivity index (χ2v) is 6.40. The molecule has 0 saturated heterocycles. The fourth-order valence-electron chi connectivity index (χ4n) is 2.16. The van der Waals surface area contributed by atoms with Gasteiger partial charge in [-0.25, -0.2) is 4.98 Å². The van der Waals surface area contributed by atoms with E-state index in [2.05, 4.69) is 35.9 Å². The number of ether oxygens (including phenoxy) is 1. The van der Waals surface area contributed by atoms with Crippen LogP contribution in [-0.2, 0) is 27.2 Å². The zero-order valence-corrected chi connectivity index (χ0v) is 15.3. The van der Waals surface area contributed by atoms with Crippen molar-refractivity contribution < 1.29 is 14.3 Å². The number of amides is 1. The third kappa shape index (κ3) is 5.53. The number of thiazole rings is 1. The molecule has 0 unspecified atom stereocenters. The zero-order valence-electron chi connectivity index (χ0n) is 14.5. The number of carbonyl (C=O) groups is 2. The maximum Gasteiger partial charge on any atom is 0.312 e. The molecule has 1 aromatic carbocycles. The smallest absolute Gasteiger partial charge is 0.312 e. The second kappa shape index (κ2) is 9.13. The first-order valence-electron chi connectivity index (χ1n) is 8.15. The van der Waals surface area contributed by atoms with Crippen molar-refractivity contribution in [3.63, 3.8) is 0 Å². The van der Waals surface area contributed by atoms with E-state index in [-0.39, 0.29) is 12.3 Å². The standard InChI is InChI=1S/C19H22N2O3S/c1-4-10-20-18(23)13(3)24-17(22)11-16-12-25-19(21-16)15-8-6-14(5-2)7-9-15/h4,6-9,12-13H,1,5,10-11H2,2-3H3,(H,20,23)/t13-/m1/s1. The summed E-state index contributed by atoms with van der Waals surface area (Å²) in [6.07, 6.45) is 1.76. The van der Waals surface area contributed by atoms with Crippen LogP contribution >= 0.6 is 11.3 Å². The van der Waals surface area contributed by atoms with Gasteiger partial charge in [-0.05, 0) is 18.9 Å². The molecule has 0 bridgehead atoms. The average molecular weight is 358 g/mol. The molecule has 2 aromatic rings. The lowest BCUT2D eigenvalue weighted by Crippen LogP contribution is -2.36. The van der Waals surface area contributed by atoms with Crippen molar-refractivity contribution in [3.05, 3.63) is 53.6 Å². The number of carbonyl (C=O) groups excluding carboxylic acids is 2. The van der Waals surface area contributed by atoms with Gasteiger partial charge in [0.2, 0.25) is 0 Å². The number of hydrogen-bond donors (Lipinski definition) is 1. The van der Waals surface area contributed by atoms with Gasteiger partial charge < -0.3 is 10.1 Å². The summed E-state index contributed by atoms with van der Waals surface area (Å²) >= 11 is 1.49. The average Bonchev–Trinajstić information content (AvgIpc) is 3.07. The number of nitrogens with one attached hydrogen (secondary N) is 1. The summed E-state index contributed by atoms with van der Waals surface area (Å²) in [5, 5.41) is 5.29. The topological polar surface area (TPSA) is 68.3 Å². The highest BCUT2D eigenvalue weighted by Crippen LogP contribution is 2.24. The Labute approximate surface area is 151 Å². The minimum absolute atomic E-state index is 0.0443. The summed E-state index contributed by atoms with van der Waals surface area (Å²) in [4.78, 5) is 28.1. The molecule has 25 heavy (non-hydrogen) atoms. The third-order valence-electron chi connectivity index (χ3n) is 3.58. The van der Waals surface area contributed by atoms with Crippen LogP contribution in [0.4, 0.5) is 0 Å². The molecular formula is C19H22N2O3S. The Kier molecular flexibility index (Phi) is 6.89. The largest absolute Gasteiger partial charge is 0.452 e. The lowest BCUT2D eigenvalue weighted by Gasteiger charge is -2.12. The van der Waals surface area contributed by atoms with E-state index in [1.807, 2.05) is 17.5 Å². The number of esters is 1. The van der Waals surface area contributed by atoms with Crippen LogP contribution in [0, 0.1) is 0 Å². The van der Waals surface area contributed by atoms with Gasteiger partial charge in [-0.2, -0.15) is 0 Å². The Morgan fingerprint density at radius 2 is 2.08 bits per heavy atom. The quantitative estimate of drug-likeness (QED) is 0.581. The predicted molar refractivity (Wildman–Crippen MR) is 99.4 cm³/mol. The Morgan fingerprint density at radius 1 is 1.36 bits per heavy atom. The van der Waals surface area contributed by atoms with Crippen LogP contribution in [0.25, 0.3) is 10.6 Å². The number of aryl methyl sites for hydroxylation is 1. The molecule has 0 radical (unpaired) electrons. The van der Waals surface area contributed by atoms with Crippen molar-refractivity contribution in [2.75, 3.05) is 6.54 Å². The second-order valence-electron chi connectivity index (χ2n) is 5.54. The van der Waals surface area contributed by atoms with Gasteiger partial charge in [0, 0.05) is 17.5 Å². The van der Waals surface area contributed by atoms with Crippen LogP contribution in [0.3, 0.4) is 0 Å². The highest BCUT2D eigenvalue weighted by Gasteiger charge is 2.18. The van der Waals surface area contributed by atoms with Gasteiger partial charge in [0.1, 0.15) is 5.01 Å². The Bertz CT molecular complexity index is 737. The van der Waals surface area contributed by atoms with Gasteiger partial charge in [0.05, 0.1) is 12.1 Å². The summed E-state index contributed by atoms with van der Waals surface area (Å²) < 4.78 is 5.14. The minimum Gasteiger partial charge on any atom is -0.452 e. The van der Waals surface area contributed by atoms with E-state index in [1.165, 1.54) is 23.8 Å². The normalized spacial score (nSPS) is 11.6. The van der Waals surface area contributed by atoms with Crippen molar-refractivity contribution in [2.45, 2.75) is 32.8 Å². The predicted octanol–water partition coefficient (Wildman–Crippen LogP) is 3.15. The molecule has 1 N–H and O–H groups in total. The lowest BCUT2D eigenvalue weighted by molar-refractivity contribution is -0.154. The van der Waals surface area contributed by atoms with Crippen LogP contribution < -0.4 is 5.32 Å². The maximum absolute atomic E-state index is 12.0. The first-order valence-corrected chi connectivity index (χ1v) is 9.03. The van der Waals surface area contributed by atoms with E-state index in [9.17, 15) is 9.59 Å². The van der Waals surface area contributed by atoms with Crippen molar-refractivity contribution in [1.82, 2.24) is 10.3 Å². The first-order chi connectivity index (χ1) is 12.0. The van der Waals surface area contributed by atoms with Gasteiger partial charge in [-0.15, -0.1) is 17.9 Å². The zero-order chi connectivity index (χ0) is 18.2. The van der Waals surface area contributed by atoms with Gasteiger partial charge in [0.25, 0.3) is 5.91 Å². The molecule has 0 aliphatic rings. The number of benzene rings is 1. The number of rotatable bonds is 8. The molecule has 0 aliphatic heterocycles. The monoisotopic (exact) mass is 358 g/mol. The molecule has 6 heteroatoms. The summed E-state index contributed by atoms with van der Waals surface area (Å²) in [5.74, 6) is -0.817. The first kappa shape index (κ1) is 18.9. The van der Waals surface area contributed by atoms with Gasteiger partial charge >= 0.3 is 5.97 Å². The molecule has 0 saturated carbocycles. The van der Waals surface area contributed by atoms with Crippen molar-refractivity contribution in [3.8, 4) is 10.6 Å². The Hall–Kier alpha value is -2.47. The van der Waals surface area contributed by atoms with E-state index in [4.69, 9.17) is 4.74 Å². The summed E-state index contributed by atoms with van der Waals surface area (Å²) in [6.45, 7) is 7.51. The SMILES string of the molecule is C=CCNC(=O)[C@@H](C)OC(=O)Cc1csc(-c2ccc(CC)cc2)n1. The highest BCUT2D eigenvalue weighted by molar-refractivity contribution is 7.13. The van der Waals surface area contributed by atoms with Crippen molar-refractivity contribution >= 4 is 23.2 Å². The van der Waals surface area contributed by atoms with E-state index in [1.54, 1.807) is 6.08 Å². The number of hydrogen-bond acceptors (Lipinski definition) is 5. The molecule has 0 aliphatic carbocycles. The van der Waals surface area contributed by atoms with Crippen LogP contribution in [-0.4, -0.2) is 29.5 Å². The highest BCUT2D eigenvalue weighted by atomic mass is 32.1. The van der Waals surface area contributed by atoms with Crippen molar-refractivity contribution in [2.24, 2.45) is 0 Å². The molecule has 2 rings (SSSR count). The molecule has 0 fully saturated rings. The fraction of sp³-hybridized carbons (Fsp3) is 0.316. The molecule has 1 heterocycles.